The van der Waals surface area contributed by atoms with Crippen molar-refractivity contribution in [3.8, 4) is 0 Å². The molecule has 3 heteroatoms. The predicted octanol–water partition coefficient (Wildman–Crippen LogP) is 1.93. The van der Waals surface area contributed by atoms with Crippen LogP contribution >= 0.6 is 0 Å². The summed E-state index contributed by atoms with van der Waals surface area (Å²) in [6.07, 6.45) is 21.6. The topological polar surface area (TPSA) is 0 Å². The summed E-state index contributed by atoms with van der Waals surface area (Å²) in [5.74, 6) is 0. The van der Waals surface area contributed by atoms with Gasteiger partial charge in [0, 0.05) is 0 Å². The molecule has 0 radical (unpaired) electrons. The Kier molecular flexibility index (Phi) is 10.5. The van der Waals surface area contributed by atoms with Gasteiger partial charge in [0.1, 0.15) is 0 Å². The van der Waals surface area contributed by atoms with Gasteiger partial charge < -0.3 is 24.8 Å². The van der Waals surface area contributed by atoms with E-state index in [1.165, 1.54) is 59.3 Å². The standard InChI is InChI=1S/C25H27.C6H10.C5H5.2ClH.Zr/c1-14-7-8-17-20(14)22-18(23-21(17)15(2)12-25(23,5)6)11-16-9-10-24(3,4)13-19(16)22;1-2-4-6-5-3-1;1-2-4-5-3-1;;;/h7-10,12H,11,13H2,1-6H3;1-5H2;1-5H;2*1H;/q-1;;-1;;;+2/p-2. The first-order chi connectivity index (χ1) is 17.6. The fraction of sp³-hybridized carbons (Fsp3) is 0.417. The molecule has 0 atom stereocenters. The van der Waals surface area contributed by atoms with Crippen LogP contribution in [0.4, 0.5) is 0 Å². The Bertz CT molecular complexity index is 1420. The number of rotatable bonds is 0. The molecule has 0 amide bonds. The molecule has 0 nitrogen and oxygen atoms in total. The molecule has 0 heterocycles. The van der Waals surface area contributed by atoms with Crippen LogP contribution in [0.5, 0.6) is 0 Å². The third kappa shape index (κ3) is 6.47. The van der Waals surface area contributed by atoms with E-state index in [1.54, 1.807) is 55.3 Å². The number of benzene rings is 1. The molecule has 0 spiro atoms. The van der Waals surface area contributed by atoms with Crippen molar-refractivity contribution in [2.24, 2.45) is 5.41 Å². The van der Waals surface area contributed by atoms with Crippen LogP contribution in [0.3, 0.4) is 0 Å². The molecule has 0 saturated heterocycles. The van der Waals surface area contributed by atoms with Crippen LogP contribution in [0.1, 0.15) is 102 Å². The molecular weight excluding hydrogens is 595 g/mol. The molecule has 39 heavy (non-hydrogen) atoms. The number of halogens is 2. The van der Waals surface area contributed by atoms with Crippen molar-refractivity contribution in [1.82, 2.24) is 0 Å². The Labute approximate surface area is 264 Å². The molecule has 2 aromatic rings. The van der Waals surface area contributed by atoms with E-state index in [9.17, 15) is 0 Å². The zero-order valence-corrected chi connectivity index (χ0v) is 28.4. The first-order valence-electron chi connectivity index (χ1n) is 14.2. The Hall–Kier alpha value is -1.27. The van der Waals surface area contributed by atoms with Gasteiger partial charge in [-0.15, -0.1) is 5.56 Å². The van der Waals surface area contributed by atoms with Crippen LogP contribution in [0.15, 0.2) is 54.1 Å². The summed E-state index contributed by atoms with van der Waals surface area (Å²) >= 11 is 1.69. The minimum Gasteiger partial charge on any atom is -0.214 e. The number of fused-ring (bicyclic) bond motifs is 7. The Balaban J connectivity index is 0.000000250. The van der Waals surface area contributed by atoms with Gasteiger partial charge in [-0.05, 0) is 53.0 Å². The maximum Gasteiger partial charge on any atom is -0.172 e. The second kappa shape index (κ2) is 12.7. The summed E-state index contributed by atoms with van der Waals surface area (Å²) in [4.78, 5) is 0. The van der Waals surface area contributed by atoms with Crippen molar-refractivity contribution >= 4 is 26.0 Å². The second-order valence-electron chi connectivity index (χ2n) is 12.8. The molecule has 0 unspecified atom stereocenters. The van der Waals surface area contributed by atoms with Gasteiger partial charge in [0.2, 0.25) is 0 Å². The molecule has 0 aliphatic heterocycles. The van der Waals surface area contributed by atoms with Crippen molar-refractivity contribution in [3.05, 3.63) is 93.2 Å². The first kappa shape index (κ1) is 32.3. The largest absolute Gasteiger partial charge is 0.214 e. The molecule has 7 rings (SSSR count). The summed E-state index contributed by atoms with van der Waals surface area (Å²) in [5, 5.41) is 3.00. The van der Waals surface area contributed by atoms with Crippen LogP contribution in [0, 0.1) is 11.8 Å². The zero-order valence-electron chi connectivity index (χ0n) is 24.5. The van der Waals surface area contributed by atoms with E-state index in [0.717, 1.165) is 12.8 Å². The minimum atomic E-state index is 0. The van der Waals surface area contributed by atoms with E-state index in [4.69, 9.17) is 0 Å². The van der Waals surface area contributed by atoms with Gasteiger partial charge in [-0.3, -0.25) is 0 Å². The van der Waals surface area contributed by atoms with Gasteiger partial charge in [0.25, 0.3) is 0 Å². The SMILES string of the molecule is CC1=CC=c2c1c1c(c3c2=C(C)[CH-]C3(C)C)CC2=C1CC(C)(C)C=C2.[Cl-].[Cl-].[Zr+2]=[C]1CCCCC1.c1cc[cH-]c1. The predicted molar refractivity (Wildman–Crippen MR) is 159 cm³/mol. The smallest absolute Gasteiger partial charge is 0.172 e. The van der Waals surface area contributed by atoms with Crippen LogP contribution in [-0.4, -0.2) is 3.21 Å². The van der Waals surface area contributed by atoms with Gasteiger partial charge in [0.05, 0.1) is 0 Å². The van der Waals surface area contributed by atoms with Crippen molar-refractivity contribution in [2.45, 2.75) is 91.9 Å². The number of hydrogen-bond acceptors (Lipinski definition) is 0. The molecule has 5 aliphatic rings. The normalized spacial score (nSPS) is 20.3. The summed E-state index contributed by atoms with van der Waals surface area (Å²) in [7, 11) is 0. The molecule has 1 saturated carbocycles. The van der Waals surface area contributed by atoms with Crippen molar-refractivity contribution in [1.29, 1.82) is 0 Å². The summed E-state index contributed by atoms with van der Waals surface area (Å²) in [6.45, 7) is 14.1. The van der Waals surface area contributed by atoms with Gasteiger partial charge in [-0.1, -0.05) is 75.1 Å². The number of hydrogen-bond donors (Lipinski definition) is 0. The van der Waals surface area contributed by atoms with Crippen molar-refractivity contribution in [3.63, 3.8) is 0 Å². The van der Waals surface area contributed by atoms with Crippen LogP contribution in [-0.2, 0) is 36.1 Å². The minimum absolute atomic E-state index is 0. The van der Waals surface area contributed by atoms with Gasteiger partial charge in [-0.25, -0.2) is 24.1 Å². The van der Waals surface area contributed by atoms with E-state index in [2.05, 4.69) is 72.3 Å². The first-order valence-corrected chi connectivity index (χ1v) is 15.4. The fourth-order valence-corrected chi connectivity index (χ4v) is 7.83. The molecule has 206 valence electrons. The quantitative estimate of drug-likeness (QED) is 0.388. The van der Waals surface area contributed by atoms with Crippen LogP contribution < -0.4 is 35.3 Å². The average Bonchev–Trinajstić information content (AvgIpc) is 3.62. The van der Waals surface area contributed by atoms with Gasteiger partial charge >= 0.3 is 59.5 Å². The fourth-order valence-electron chi connectivity index (χ4n) is 6.96. The Morgan fingerprint density at radius 1 is 0.872 bits per heavy atom. The van der Waals surface area contributed by atoms with Crippen LogP contribution in [0.2, 0.25) is 0 Å². The third-order valence-electron chi connectivity index (χ3n) is 8.59. The van der Waals surface area contributed by atoms with Gasteiger partial charge in [-0.2, -0.15) is 23.4 Å². The number of allylic oxidation sites excluding steroid dienone is 6. The molecule has 5 aliphatic carbocycles. The molecule has 2 aromatic carbocycles. The summed E-state index contributed by atoms with van der Waals surface area (Å²) in [6, 6.07) is 10.0. The van der Waals surface area contributed by atoms with Crippen molar-refractivity contribution < 1.29 is 49.0 Å². The van der Waals surface area contributed by atoms with E-state index in [1.807, 2.05) is 30.3 Å². The average molecular weight is 637 g/mol. The third-order valence-corrected chi connectivity index (χ3v) is 9.82. The molecular formula is C36H42Cl2Zr-2. The summed E-state index contributed by atoms with van der Waals surface area (Å²) < 4.78 is 1.80. The zero-order chi connectivity index (χ0) is 26.4. The molecule has 0 bridgehead atoms. The maximum absolute atomic E-state index is 2.48. The summed E-state index contributed by atoms with van der Waals surface area (Å²) in [5.41, 5.74) is 12.8. The van der Waals surface area contributed by atoms with E-state index in [-0.39, 0.29) is 35.6 Å². The Morgan fingerprint density at radius 2 is 1.54 bits per heavy atom. The molecule has 1 fully saturated rings. The van der Waals surface area contributed by atoms with Gasteiger partial charge in [0.15, 0.2) is 0 Å². The van der Waals surface area contributed by atoms with Crippen molar-refractivity contribution in [2.75, 3.05) is 0 Å². The van der Waals surface area contributed by atoms with E-state index >= 15 is 0 Å². The molecule has 0 aromatic heterocycles. The maximum atomic E-state index is 2.48. The monoisotopic (exact) mass is 634 g/mol. The second-order valence-corrected chi connectivity index (χ2v) is 14.5. The van der Waals surface area contributed by atoms with E-state index in [0.29, 0.717) is 0 Å². The molecule has 0 N–H and O–H groups in total. The van der Waals surface area contributed by atoms with E-state index < -0.39 is 0 Å². The Morgan fingerprint density at radius 3 is 2.10 bits per heavy atom. The van der Waals surface area contributed by atoms with Crippen LogP contribution in [0.25, 0.3) is 22.8 Å².